The van der Waals surface area contributed by atoms with Crippen LogP contribution in [0.2, 0.25) is 0 Å². The van der Waals surface area contributed by atoms with Gasteiger partial charge in [-0.25, -0.2) is 4.79 Å². The van der Waals surface area contributed by atoms with Crippen molar-refractivity contribution in [3.8, 4) is 5.75 Å². The molecule has 32 heavy (non-hydrogen) atoms. The van der Waals surface area contributed by atoms with Crippen LogP contribution in [0.1, 0.15) is 115 Å². The number of ether oxygens (including phenoxy) is 2. The third-order valence-corrected chi connectivity index (χ3v) is 6.80. The molecular weight excluding hydrogens is 396 g/mol. The predicted molar refractivity (Wildman–Crippen MR) is 134 cm³/mol. The summed E-state index contributed by atoms with van der Waals surface area (Å²) in [5.41, 5.74) is 1.95. The van der Waals surface area contributed by atoms with Crippen LogP contribution in [-0.4, -0.2) is 19.2 Å². The van der Waals surface area contributed by atoms with Crippen molar-refractivity contribution in [2.75, 3.05) is 13.2 Å². The van der Waals surface area contributed by atoms with Crippen molar-refractivity contribution in [2.24, 2.45) is 5.92 Å². The Balaban J connectivity index is 1.53. The van der Waals surface area contributed by atoms with E-state index in [9.17, 15) is 4.79 Å². The van der Waals surface area contributed by atoms with Crippen LogP contribution in [0.4, 0.5) is 0 Å². The van der Waals surface area contributed by atoms with E-state index in [-0.39, 0.29) is 5.97 Å². The molecule has 0 bridgehead atoms. The number of benzene rings is 1. The van der Waals surface area contributed by atoms with Crippen molar-refractivity contribution in [2.45, 2.75) is 110 Å². The Kier molecular flexibility index (Phi) is 13.2. The Morgan fingerprint density at radius 2 is 1.50 bits per heavy atom. The monoisotopic (exact) mass is 442 g/mol. The number of esters is 1. The van der Waals surface area contributed by atoms with Gasteiger partial charge in [-0.15, -0.1) is 0 Å². The summed E-state index contributed by atoms with van der Waals surface area (Å²) in [5.74, 6) is 2.39. The van der Waals surface area contributed by atoms with E-state index in [1.54, 1.807) is 6.92 Å². The number of carbonyl (C=O) groups is 1. The molecule has 0 radical (unpaired) electrons. The number of carbonyl (C=O) groups excluding carboxylic acids is 1. The number of unbranched alkanes of at least 4 members (excludes halogenated alkanes) is 7. The van der Waals surface area contributed by atoms with Gasteiger partial charge in [-0.1, -0.05) is 64.2 Å². The normalized spacial score (nSPS) is 18.3. The molecule has 3 nitrogen and oxygen atoms in total. The minimum Gasteiger partial charge on any atom is -0.494 e. The second-order valence-corrected chi connectivity index (χ2v) is 9.67. The zero-order valence-corrected chi connectivity index (χ0v) is 20.7. The highest BCUT2D eigenvalue weighted by Crippen LogP contribution is 2.38. The van der Waals surface area contributed by atoms with Crippen LogP contribution in [0.5, 0.6) is 5.75 Å². The van der Waals surface area contributed by atoms with Crippen LogP contribution in [0, 0.1) is 5.92 Å². The summed E-state index contributed by atoms with van der Waals surface area (Å²) in [4.78, 5) is 11.3. The molecule has 0 heterocycles. The molecule has 1 aliphatic rings. The first-order valence-electron chi connectivity index (χ1n) is 13.2. The summed E-state index contributed by atoms with van der Waals surface area (Å²) in [7, 11) is 0. The van der Waals surface area contributed by atoms with Crippen molar-refractivity contribution in [3.05, 3.63) is 42.0 Å². The van der Waals surface area contributed by atoms with Crippen molar-refractivity contribution >= 4 is 5.97 Å². The van der Waals surface area contributed by atoms with E-state index in [4.69, 9.17) is 9.47 Å². The lowest BCUT2D eigenvalue weighted by Gasteiger charge is -2.29. The minimum absolute atomic E-state index is 0.289. The largest absolute Gasteiger partial charge is 0.494 e. The van der Waals surface area contributed by atoms with Crippen molar-refractivity contribution in [3.63, 3.8) is 0 Å². The van der Waals surface area contributed by atoms with Gasteiger partial charge in [-0.2, -0.15) is 0 Å². The zero-order chi connectivity index (χ0) is 23.0. The molecule has 2 rings (SSSR count). The van der Waals surface area contributed by atoms with Gasteiger partial charge in [0.2, 0.25) is 0 Å². The third kappa shape index (κ3) is 10.7. The quantitative estimate of drug-likeness (QED) is 0.146. The minimum atomic E-state index is -0.289. The summed E-state index contributed by atoms with van der Waals surface area (Å²) in [6.45, 7) is 8.77. The van der Waals surface area contributed by atoms with Gasteiger partial charge >= 0.3 is 5.97 Å². The molecule has 0 N–H and O–H groups in total. The lowest BCUT2D eigenvalue weighted by Crippen LogP contribution is -2.13. The van der Waals surface area contributed by atoms with E-state index >= 15 is 0 Å². The number of hydrogen-bond donors (Lipinski definition) is 0. The molecule has 1 aromatic carbocycles. The summed E-state index contributed by atoms with van der Waals surface area (Å²) in [6, 6.07) is 8.85. The highest BCUT2D eigenvalue weighted by Gasteiger charge is 2.22. The first kappa shape index (κ1) is 26.5. The van der Waals surface area contributed by atoms with E-state index in [0.29, 0.717) is 12.2 Å². The second-order valence-electron chi connectivity index (χ2n) is 9.67. The van der Waals surface area contributed by atoms with Crippen molar-refractivity contribution in [1.82, 2.24) is 0 Å². The number of hydrogen-bond acceptors (Lipinski definition) is 3. The molecule has 0 atom stereocenters. The van der Waals surface area contributed by atoms with E-state index in [1.165, 1.54) is 69.8 Å². The van der Waals surface area contributed by atoms with E-state index < -0.39 is 0 Å². The molecule has 1 saturated carbocycles. The van der Waals surface area contributed by atoms with Gasteiger partial charge in [0.15, 0.2) is 0 Å². The summed E-state index contributed by atoms with van der Waals surface area (Å²) >= 11 is 0. The second kappa shape index (κ2) is 15.9. The SMILES string of the molecule is C=C(C)C(=O)OCCCCCCOc1ccc(C2CCC(CCCCCCC)CC2)cc1. The molecule has 0 unspecified atom stereocenters. The molecule has 3 heteroatoms. The fourth-order valence-corrected chi connectivity index (χ4v) is 4.69. The maximum absolute atomic E-state index is 11.3. The molecule has 1 aromatic rings. The van der Waals surface area contributed by atoms with E-state index in [2.05, 4.69) is 37.8 Å². The lowest BCUT2D eigenvalue weighted by atomic mass is 9.77. The van der Waals surface area contributed by atoms with Crippen LogP contribution in [0.25, 0.3) is 0 Å². The highest BCUT2D eigenvalue weighted by molar-refractivity contribution is 5.86. The Morgan fingerprint density at radius 3 is 2.16 bits per heavy atom. The van der Waals surface area contributed by atoms with Gasteiger partial charge in [0.1, 0.15) is 5.75 Å². The molecule has 1 fully saturated rings. The smallest absolute Gasteiger partial charge is 0.333 e. The standard InChI is InChI=1S/C29H46O3/c1-4-5-6-7-10-13-25-14-16-26(17-15-25)27-18-20-28(21-19-27)31-22-11-8-9-12-23-32-29(30)24(2)3/h18-21,25-26H,2,4-17,22-23H2,1,3H3. The first-order chi connectivity index (χ1) is 15.6. The maximum Gasteiger partial charge on any atom is 0.333 e. The summed E-state index contributed by atoms with van der Waals surface area (Å²) < 4.78 is 11.0. The average molecular weight is 443 g/mol. The van der Waals surface area contributed by atoms with Crippen LogP contribution in [0.3, 0.4) is 0 Å². The Labute approximate surface area is 197 Å². The fourth-order valence-electron chi connectivity index (χ4n) is 4.69. The molecule has 1 aliphatic carbocycles. The van der Waals surface area contributed by atoms with E-state index in [1.807, 2.05) is 0 Å². The topological polar surface area (TPSA) is 35.5 Å². The van der Waals surface area contributed by atoms with Gasteiger partial charge in [0.05, 0.1) is 13.2 Å². The molecule has 0 saturated heterocycles. The van der Waals surface area contributed by atoms with Crippen LogP contribution in [-0.2, 0) is 9.53 Å². The Hall–Kier alpha value is -1.77. The lowest BCUT2D eigenvalue weighted by molar-refractivity contribution is -0.139. The third-order valence-electron chi connectivity index (χ3n) is 6.80. The molecule has 0 aliphatic heterocycles. The Bertz CT molecular complexity index is 641. The fraction of sp³-hybridized carbons (Fsp3) is 0.690. The molecular formula is C29H46O3. The van der Waals surface area contributed by atoms with Gasteiger partial charge in [0.25, 0.3) is 0 Å². The van der Waals surface area contributed by atoms with Gasteiger partial charge in [-0.3, -0.25) is 0 Å². The zero-order valence-electron chi connectivity index (χ0n) is 20.7. The summed E-state index contributed by atoms with van der Waals surface area (Å²) in [5, 5.41) is 0. The van der Waals surface area contributed by atoms with Crippen LogP contribution >= 0.6 is 0 Å². The van der Waals surface area contributed by atoms with Gasteiger partial charge in [-0.05, 0) is 87.8 Å². The average Bonchev–Trinajstić information content (AvgIpc) is 2.81. The molecule has 0 aromatic heterocycles. The highest BCUT2D eigenvalue weighted by atomic mass is 16.5. The van der Waals surface area contributed by atoms with Gasteiger partial charge < -0.3 is 9.47 Å². The maximum atomic E-state index is 11.3. The molecule has 0 spiro atoms. The molecule has 0 amide bonds. The van der Waals surface area contributed by atoms with Crippen molar-refractivity contribution in [1.29, 1.82) is 0 Å². The Morgan fingerprint density at radius 1 is 0.875 bits per heavy atom. The first-order valence-corrected chi connectivity index (χ1v) is 13.2. The van der Waals surface area contributed by atoms with Crippen LogP contribution in [0.15, 0.2) is 36.4 Å². The van der Waals surface area contributed by atoms with Gasteiger partial charge in [0, 0.05) is 5.57 Å². The van der Waals surface area contributed by atoms with Crippen LogP contribution < -0.4 is 4.74 Å². The summed E-state index contributed by atoms with van der Waals surface area (Å²) in [6.07, 6.45) is 18.0. The van der Waals surface area contributed by atoms with E-state index in [0.717, 1.165) is 49.9 Å². The molecule has 180 valence electrons. The van der Waals surface area contributed by atoms with Crippen molar-refractivity contribution < 1.29 is 14.3 Å². The predicted octanol–water partition coefficient (Wildman–Crippen LogP) is 8.38. The number of rotatable bonds is 16.